The fraction of sp³-hybridized carbons (Fsp3) is 0.588. The van der Waals surface area contributed by atoms with Gasteiger partial charge in [0.25, 0.3) is 0 Å². The van der Waals surface area contributed by atoms with Crippen molar-refractivity contribution < 1.29 is 13.9 Å². The van der Waals surface area contributed by atoms with E-state index in [1.165, 1.54) is 6.07 Å². The molecular weight excluding hydrogens is 438 g/mol. The maximum Gasteiger partial charge on any atom is 0.191 e. The Labute approximate surface area is 166 Å². The Kier molecular flexibility index (Phi) is 10.9. The van der Waals surface area contributed by atoms with Crippen LogP contribution in [0.15, 0.2) is 23.2 Å². The molecule has 1 aliphatic rings. The van der Waals surface area contributed by atoms with Gasteiger partial charge in [-0.05, 0) is 17.7 Å². The predicted molar refractivity (Wildman–Crippen MR) is 108 cm³/mol. The molecule has 1 fully saturated rings. The van der Waals surface area contributed by atoms with Crippen molar-refractivity contribution in [2.24, 2.45) is 4.99 Å². The molecule has 0 radical (unpaired) electrons. The molecule has 0 amide bonds. The molecule has 0 spiro atoms. The van der Waals surface area contributed by atoms with Crippen LogP contribution in [0, 0.1) is 5.82 Å². The molecule has 0 saturated carbocycles. The zero-order chi connectivity index (χ0) is 17.2. The molecule has 2 N–H and O–H groups in total. The molecule has 1 aromatic rings. The average molecular weight is 466 g/mol. The molecule has 8 heteroatoms. The molecule has 0 aliphatic carbocycles. The van der Waals surface area contributed by atoms with Gasteiger partial charge in [0, 0.05) is 52.4 Å². The van der Waals surface area contributed by atoms with Crippen LogP contribution in [0.1, 0.15) is 11.1 Å². The monoisotopic (exact) mass is 466 g/mol. The van der Waals surface area contributed by atoms with E-state index in [1.807, 2.05) is 6.07 Å². The Morgan fingerprint density at radius 3 is 2.76 bits per heavy atom. The van der Waals surface area contributed by atoms with Gasteiger partial charge < -0.3 is 20.1 Å². The summed E-state index contributed by atoms with van der Waals surface area (Å²) < 4.78 is 24.0. The highest BCUT2D eigenvalue weighted by molar-refractivity contribution is 14.0. The van der Waals surface area contributed by atoms with Crippen LogP contribution < -0.4 is 10.6 Å². The number of benzene rings is 1. The first-order valence-electron chi connectivity index (χ1n) is 8.24. The fourth-order valence-corrected chi connectivity index (χ4v) is 2.57. The summed E-state index contributed by atoms with van der Waals surface area (Å²) in [5.74, 6) is 0.495. The van der Waals surface area contributed by atoms with Crippen LogP contribution in [0.25, 0.3) is 0 Å². The van der Waals surface area contributed by atoms with Crippen LogP contribution in [0.2, 0.25) is 0 Å². The molecule has 6 nitrogen and oxygen atoms in total. The van der Waals surface area contributed by atoms with Gasteiger partial charge in [-0.15, -0.1) is 24.0 Å². The normalized spacial score (nSPS) is 15.6. The van der Waals surface area contributed by atoms with Gasteiger partial charge in [-0.2, -0.15) is 0 Å². The Hall–Kier alpha value is -0.970. The van der Waals surface area contributed by atoms with Gasteiger partial charge in [-0.25, -0.2) is 4.39 Å². The van der Waals surface area contributed by atoms with Crippen molar-refractivity contribution in [3.63, 3.8) is 0 Å². The number of aliphatic imine (C=N–C) groups is 1. The van der Waals surface area contributed by atoms with Gasteiger partial charge >= 0.3 is 0 Å². The zero-order valence-electron chi connectivity index (χ0n) is 14.9. The Balaban J connectivity index is 0.00000312. The van der Waals surface area contributed by atoms with E-state index in [1.54, 1.807) is 20.2 Å². The van der Waals surface area contributed by atoms with E-state index in [-0.39, 0.29) is 36.4 Å². The van der Waals surface area contributed by atoms with Crippen molar-refractivity contribution in [3.05, 3.63) is 35.1 Å². The van der Waals surface area contributed by atoms with E-state index in [2.05, 4.69) is 20.5 Å². The van der Waals surface area contributed by atoms with Crippen molar-refractivity contribution >= 4 is 29.9 Å². The van der Waals surface area contributed by atoms with E-state index in [9.17, 15) is 4.39 Å². The second-order valence-corrected chi connectivity index (χ2v) is 5.67. The van der Waals surface area contributed by atoms with E-state index < -0.39 is 0 Å². The summed E-state index contributed by atoms with van der Waals surface area (Å²) >= 11 is 0. The third-order valence-corrected chi connectivity index (χ3v) is 3.92. The number of ether oxygens (including phenoxy) is 2. The lowest BCUT2D eigenvalue weighted by Crippen LogP contribution is -2.44. The third kappa shape index (κ3) is 7.85. The molecule has 1 aliphatic heterocycles. The fourth-order valence-electron chi connectivity index (χ4n) is 2.57. The van der Waals surface area contributed by atoms with Crippen LogP contribution in [0.3, 0.4) is 0 Å². The SMILES string of the molecule is CN=C(NCCN1CCOCC1)NCc1ccc(F)c(COC)c1.I. The van der Waals surface area contributed by atoms with E-state index in [0.29, 0.717) is 12.1 Å². The number of rotatable bonds is 7. The summed E-state index contributed by atoms with van der Waals surface area (Å²) in [4.78, 5) is 6.58. The van der Waals surface area contributed by atoms with E-state index >= 15 is 0 Å². The highest BCUT2D eigenvalue weighted by atomic mass is 127. The van der Waals surface area contributed by atoms with Crippen LogP contribution in [0.4, 0.5) is 4.39 Å². The summed E-state index contributed by atoms with van der Waals surface area (Å²) in [5.41, 5.74) is 1.55. The topological polar surface area (TPSA) is 58.1 Å². The Morgan fingerprint density at radius 1 is 1.32 bits per heavy atom. The van der Waals surface area contributed by atoms with Gasteiger partial charge in [0.2, 0.25) is 0 Å². The highest BCUT2D eigenvalue weighted by Crippen LogP contribution is 2.11. The maximum absolute atomic E-state index is 13.6. The second-order valence-electron chi connectivity index (χ2n) is 5.67. The maximum atomic E-state index is 13.6. The summed E-state index contributed by atoms with van der Waals surface area (Å²) in [6, 6.07) is 5.05. The minimum Gasteiger partial charge on any atom is -0.380 e. The van der Waals surface area contributed by atoms with Crippen molar-refractivity contribution in [1.29, 1.82) is 0 Å². The van der Waals surface area contributed by atoms with Crippen LogP contribution in [0.5, 0.6) is 0 Å². The molecular formula is C17H28FIN4O2. The molecule has 1 aromatic carbocycles. The number of halogens is 2. The van der Waals surface area contributed by atoms with E-state index in [0.717, 1.165) is 50.9 Å². The lowest BCUT2D eigenvalue weighted by atomic mass is 10.1. The first kappa shape index (κ1) is 22.1. The molecule has 0 aromatic heterocycles. The zero-order valence-corrected chi connectivity index (χ0v) is 17.2. The number of nitrogens with zero attached hydrogens (tertiary/aromatic N) is 2. The van der Waals surface area contributed by atoms with Gasteiger partial charge in [0.1, 0.15) is 5.82 Å². The largest absolute Gasteiger partial charge is 0.380 e. The third-order valence-electron chi connectivity index (χ3n) is 3.92. The lowest BCUT2D eigenvalue weighted by molar-refractivity contribution is 0.0389. The number of hydrogen-bond acceptors (Lipinski definition) is 4. The van der Waals surface area contributed by atoms with Gasteiger partial charge in [0.15, 0.2) is 5.96 Å². The van der Waals surface area contributed by atoms with Gasteiger partial charge in [-0.3, -0.25) is 9.89 Å². The molecule has 0 atom stereocenters. The average Bonchev–Trinajstić information content (AvgIpc) is 2.61. The minimum absolute atomic E-state index is 0. The molecule has 0 unspecified atom stereocenters. The van der Waals surface area contributed by atoms with Gasteiger partial charge in [0.05, 0.1) is 19.8 Å². The number of methoxy groups -OCH3 is 1. The summed E-state index contributed by atoms with van der Waals surface area (Å²) in [5, 5.41) is 6.54. The van der Waals surface area contributed by atoms with Crippen LogP contribution >= 0.6 is 24.0 Å². The second kappa shape index (κ2) is 12.4. The van der Waals surface area contributed by atoms with Crippen molar-refractivity contribution in [3.8, 4) is 0 Å². The first-order valence-corrected chi connectivity index (χ1v) is 8.24. The standard InChI is InChI=1S/C17H27FN4O2.HI/c1-19-17(20-5-6-22-7-9-24-10-8-22)21-12-14-3-4-16(18)15(11-14)13-23-2;/h3-4,11H,5-10,12-13H2,1-2H3,(H2,19,20,21);1H. The highest BCUT2D eigenvalue weighted by Gasteiger charge is 2.09. The molecule has 142 valence electrons. The van der Waals surface area contributed by atoms with Crippen molar-refractivity contribution in [2.45, 2.75) is 13.2 Å². The van der Waals surface area contributed by atoms with E-state index in [4.69, 9.17) is 9.47 Å². The smallest absolute Gasteiger partial charge is 0.191 e. The van der Waals surface area contributed by atoms with Crippen LogP contribution in [-0.2, 0) is 22.6 Å². The molecule has 2 rings (SSSR count). The number of morpholine rings is 1. The van der Waals surface area contributed by atoms with Crippen molar-refractivity contribution in [2.75, 3.05) is 53.6 Å². The molecule has 1 heterocycles. The molecule has 25 heavy (non-hydrogen) atoms. The molecule has 0 bridgehead atoms. The molecule has 1 saturated heterocycles. The summed E-state index contributed by atoms with van der Waals surface area (Å²) in [6.45, 7) is 6.19. The lowest BCUT2D eigenvalue weighted by Gasteiger charge is -2.26. The number of guanidine groups is 1. The Morgan fingerprint density at radius 2 is 2.08 bits per heavy atom. The summed E-state index contributed by atoms with van der Waals surface area (Å²) in [7, 11) is 3.30. The van der Waals surface area contributed by atoms with Crippen LogP contribution in [-0.4, -0.2) is 64.4 Å². The summed E-state index contributed by atoms with van der Waals surface area (Å²) in [6.07, 6.45) is 0. The number of hydrogen-bond donors (Lipinski definition) is 2. The minimum atomic E-state index is -0.242. The van der Waals surface area contributed by atoms with Gasteiger partial charge in [-0.1, -0.05) is 6.07 Å². The first-order chi connectivity index (χ1) is 11.7. The quantitative estimate of drug-likeness (QED) is 0.363. The van der Waals surface area contributed by atoms with Crippen molar-refractivity contribution in [1.82, 2.24) is 15.5 Å². The number of nitrogens with one attached hydrogen (secondary N) is 2. The Bertz CT molecular complexity index is 539. The predicted octanol–water partition coefficient (Wildman–Crippen LogP) is 1.59.